The maximum Gasteiger partial charge on any atom is 0.231 e. The molecule has 7 nitrogen and oxygen atoms in total. The molecule has 1 amide bonds. The highest BCUT2D eigenvalue weighted by Gasteiger charge is 2.30. The fourth-order valence-electron chi connectivity index (χ4n) is 3.37. The predicted octanol–water partition coefficient (Wildman–Crippen LogP) is 4.13. The molecule has 0 saturated heterocycles. The summed E-state index contributed by atoms with van der Waals surface area (Å²) in [6.07, 6.45) is 7.50. The van der Waals surface area contributed by atoms with Crippen molar-refractivity contribution in [2.45, 2.75) is 30.1 Å². The van der Waals surface area contributed by atoms with Gasteiger partial charge in [-0.25, -0.2) is 4.98 Å². The first-order chi connectivity index (χ1) is 15.3. The van der Waals surface area contributed by atoms with Crippen LogP contribution < -0.4 is 5.32 Å². The van der Waals surface area contributed by atoms with E-state index in [1.807, 2.05) is 47.8 Å². The van der Waals surface area contributed by atoms with Gasteiger partial charge in [-0.1, -0.05) is 42.1 Å². The molecule has 1 fully saturated rings. The van der Waals surface area contributed by atoms with Crippen molar-refractivity contribution in [3.8, 4) is 11.4 Å². The third kappa shape index (κ3) is 4.52. The van der Waals surface area contributed by atoms with Crippen LogP contribution in [0, 0.1) is 0 Å². The lowest BCUT2D eigenvalue weighted by Gasteiger charge is -2.17. The van der Waals surface area contributed by atoms with Crippen molar-refractivity contribution in [2.24, 2.45) is 0 Å². The van der Waals surface area contributed by atoms with Gasteiger partial charge in [-0.3, -0.25) is 14.3 Å². The molecule has 9 heteroatoms. The number of benzene rings is 1. The zero-order valence-electron chi connectivity index (χ0n) is 16.6. The number of hydrogen-bond donors (Lipinski definition) is 1. The molecule has 4 aromatic rings. The van der Waals surface area contributed by atoms with Crippen LogP contribution in [-0.4, -0.2) is 36.4 Å². The normalized spacial score (nSPS) is 14.3. The van der Waals surface area contributed by atoms with E-state index in [2.05, 4.69) is 30.0 Å². The topological polar surface area (TPSA) is 85.6 Å². The lowest BCUT2D eigenvalue weighted by atomic mass is 10.1. The molecule has 1 saturated carbocycles. The zero-order chi connectivity index (χ0) is 21.0. The summed E-state index contributed by atoms with van der Waals surface area (Å²) in [7, 11) is 0. The van der Waals surface area contributed by atoms with Crippen LogP contribution in [0.4, 0.5) is 0 Å². The summed E-state index contributed by atoms with van der Waals surface area (Å²) in [5.74, 6) is 0.998. The summed E-state index contributed by atoms with van der Waals surface area (Å²) in [6.45, 7) is 0. The molecular formula is C22H20N6OS2. The minimum Gasteiger partial charge on any atom is -0.342 e. The van der Waals surface area contributed by atoms with Crippen LogP contribution in [0.3, 0.4) is 0 Å². The van der Waals surface area contributed by atoms with Gasteiger partial charge in [0.25, 0.3) is 0 Å². The smallest absolute Gasteiger partial charge is 0.231 e. The van der Waals surface area contributed by atoms with E-state index in [-0.39, 0.29) is 17.7 Å². The van der Waals surface area contributed by atoms with E-state index < -0.39 is 0 Å². The summed E-state index contributed by atoms with van der Waals surface area (Å²) in [5, 5.41) is 15.4. The van der Waals surface area contributed by atoms with Crippen LogP contribution in [-0.2, 0) is 4.79 Å². The summed E-state index contributed by atoms with van der Waals surface area (Å²) in [5.41, 5.74) is 1.95. The van der Waals surface area contributed by atoms with E-state index in [0.29, 0.717) is 6.04 Å². The lowest BCUT2D eigenvalue weighted by molar-refractivity contribution is -0.119. The maximum absolute atomic E-state index is 12.8. The van der Waals surface area contributed by atoms with Crippen LogP contribution in [0.1, 0.15) is 35.5 Å². The van der Waals surface area contributed by atoms with E-state index in [1.165, 1.54) is 23.1 Å². The molecule has 156 valence electrons. The van der Waals surface area contributed by atoms with Gasteiger partial charge < -0.3 is 5.32 Å². The van der Waals surface area contributed by atoms with Gasteiger partial charge in [0.15, 0.2) is 11.0 Å². The van der Waals surface area contributed by atoms with Gasteiger partial charge in [0.1, 0.15) is 11.0 Å². The first-order valence-electron chi connectivity index (χ1n) is 10.0. The van der Waals surface area contributed by atoms with Crippen molar-refractivity contribution in [2.75, 3.05) is 5.75 Å². The van der Waals surface area contributed by atoms with Crippen LogP contribution in [0.5, 0.6) is 0 Å². The average Bonchev–Trinajstić information content (AvgIpc) is 3.33. The van der Waals surface area contributed by atoms with Crippen LogP contribution in [0.15, 0.2) is 71.6 Å². The third-order valence-corrected chi connectivity index (χ3v) is 6.75. The average molecular weight is 449 g/mol. The Hall–Kier alpha value is -3.04. The minimum absolute atomic E-state index is 0.0673. The van der Waals surface area contributed by atoms with Crippen molar-refractivity contribution in [1.29, 1.82) is 0 Å². The molecule has 1 atom stereocenters. The molecule has 31 heavy (non-hydrogen) atoms. The Morgan fingerprint density at radius 3 is 2.74 bits per heavy atom. The molecule has 3 heterocycles. The van der Waals surface area contributed by atoms with Gasteiger partial charge in [-0.2, -0.15) is 0 Å². The van der Waals surface area contributed by atoms with E-state index in [1.54, 1.807) is 18.6 Å². The van der Waals surface area contributed by atoms with Crippen LogP contribution >= 0.6 is 23.1 Å². The highest BCUT2D eigenvalue weighted by Crippen LogP contribution is 2.41. The van der Waals surface area contributed by atoms with Crippen molar-refractivity contribution < 1.29 is 4.79 Å². The molecule has 0 bridgehead atoms. The summed E-state index contributed by atoms with van der Waals surface area (Å²) in [6, 6.07) is 13.9. The van der Waals surface area contributed by atoms with Gasteiger partial charge in [-0.15, -0.1) is 21.5 Å². The van der Waals surface area contributed by atoms with E-state index >= 15 is 0 Å². The van der Waals surface area contributed by atoms with Crippen LogP contribution in [0.2, 0.25) is 0 Å². The second-order valence-electron chi connectivity index (χ2n) is 7.22. The number of hydrogen-bond acceptors (Lipinski definition) is 7. The molecule has 3 aromatic heterocycles. The second kappa shape index (κ2) is 8.99. The number of amides is 1. The van der Waals surface area contributed by atoms with E-state index in [4.69, 9.17) is 0 Å². The molecule has 0 aliphatic heterocycles. The van der Waals surface area contributed by atoms with Crippen LogP contribution in [0.25, 0.3) is 11.4 Å². The summed E-state index contributed by atoms with van der Waals surface area (Å²) < 4.78 is 2.14. The molecule has 5 rings (SSSR count). The van der Waals surface area contributed by atoms with Gasteiger partial charge in [0, 0.05) is 35.6 Å². The molecule has 1 aromatic carbocycles. The Bertz CT molecular complexity index is 1140. The Kier molecular flexibility index (Phi) is 5.77. The van der Waals surface area contributed by atoms with E-state index in [9.17, 15) is 4.79 Å². The SMILES string of the molecule is O=C(CSc1nnc(-c2cccnc2)n1C1CC1)NC(c1ccccc1)c1nccs1. The van der Waals surface area contributed by atoms with E-state index in [0.717, 1.165) is 40.0 Å². The third-order valence-electron chi connectivity index (χ3n) is 4.97. The number of carbonyl (C=O) groups is 1. The quantitative estimate of drug-likeness (QED) is 0.408. The molecule has 1 aliphatic carbocycles. The number of thioether (sulfide) groups is 1. The van der Waals surface area contributed by atoms with Gasteiger partial charge in [-0.05, 0) is 30.5 Å². The minimum atomic E-state index is -0.262. The predicted molar refractivity (Wildman–Crippen MR) is 121 cm³/mol. The highest BCUT2D eigenvalue weighted by atomic mass is 32.2. The molecule has 1 unspecified atom stereocenters. The first-order valence-corrected chi connectivity index (χ1v) is 11.9. The number of carbonyl (C=O) groups excluding carboxylic acids is 1. The number of nitrogens with one attached hydrogen (secondary N) is 1. The fraction of sp³-hybridized carbons (Fsp3) is 0.227. The molecule has 0 radical (unpaired) electrons. The number of aromatic nitrogens is 5. The molecular weight excluding hydrogens is 428 g/mol. The molecule has 0 spiro atoms. The Morgan fingerprint density at radius 2 is 2.03 bits per heavy atom. The lowest BCUT2D eigenvalue weighted by Crippen LogP contribution is -2.30. The summed E-state index contributed by atoms with van der Waals surface area (Å²) >= 11 is 2.95. The maximum atomic E-state index is 12.8. The van der Waals surface area contributed by atoms with Gasteiger partial charge >= 0.3 is 0 Å². The number of nitrogens with zero attached hydrogens (tertiary/aromatic N) is 5. The second-order valence-corrected chi connectivity index (χ2v) is 9.09. The fourth-order valence-corrected chi connectivity index (χ4v) is 4.90. The number of rotatable bonds is 8. The highest BCUT2D eigenvalue weighted by molar-refractivity contribution is 7.99. The van der Waals surface area contributed by atoms with Crippen molar-refractivity contribution in [3.05, 3.63) is 77.0 Å². The van der Waals surface area contributed by atoms with Crippen molar-refractivity contribution in [3.63, 3.8) is 0 Å². The van der Waals surface area contributed by atoms with Gasteiger partial charge in [0.2, 0.25) is 5.91 Å². The Morgan fingerprint density at radius 1 is 1.16 bits per heavy atom. The zero-order valence-corrected chi connectivity index (χ0v) is 18.2. The summed E-state index contributed by atoms with van der Waals surface area (Å²) in [4.78, 5) is 21.5. The van der Waals surface area contributed by atoms with Crippen molar-refractivity contribution in [1.82, 2.24) is 30.0 Å². The molecule has 1 N–H and O–H groups in total. The first kappa shape index (κ1) is 19.9. The monoisotopic (exact) mass is 448 g/mol. The largest absolute Gasteiger partial charge is 0.342 e. The molecule has 1 aliphatic rings. The number of pyridine rings is 1. The van der Waals surface area contributed by atoms with Crippen molar-refractivity contribution >= 4 is 29.0 Å². The van der Waals surface area contributed by atoms with Gasteiger partial charge in [0.05, 0.1) is 5.75 Å². The Balaban J connectivity index is 1.31. The number of thiazole rings is 1. The Labute approximate surface area is 188 Å². The standard InChI is InChI=1S/C22H20N6OS2/c29-18(25-19(21-24-11-12-30-21)15-5-2-1-3-6-15)14-31-22-27-26-20(28(22)17-8-9-17)16-7-4-10-23-13-16/h1-7,10-13,17,19H,8-9,14H2,(H,25,29).